The molecule has 1 N–H and O–H groups in total. The van der Waals surface area contributed by atoms with E-state index in [1.54, 1.807) is 12.5 Å². The molecular formula is C15H21N3O2S. The van der Waals surface area contributed by atoms with E-state index in [2.05, 4.69) is 9.71 Å². The molecule has 0 saturated heterocycles. The van der Waals surface area contributed by atoms with Crippen molar-refractivity contribution in [3.05, 3.63) is 54.6 Å². The standard InChI is InChI=1S/C15H21N3O2S/c19-21(20,13-15-7-3-1-4-8-15)17-9-5-2-6-11-18-12-10-16-14-18/h1,3-4,7-8,10,12,14,17H,2,5-6,9,11,13H2. The SMILES string of the molecule is O=S(=O)(Cc1ccccc1)NCCCCCn1ccnc1. The van der Waals surface area contributed by atoms with Crippen LogP contribution in [-0.4, -0.2) is 24.5 Å². The van der Waals surface area contributed by atoms with Crippen LogP contribution >= 0.6 is 0 Å². The molecule has 0 fully saturated rings. The van der Waals surface area contributed by atoms with Crippen molar-refractivity contribution < 1.29 is 8.42 Å². The van der Waals surface area contributed by atoms with E-state index in [-0.39, 0.29) is 5.75 Å². The molecule has 0 aliphatic rings. The summed E-state index contributed by atoms with van der Waals surface area (Å²) in [6.07, 6.45) is 8.36. The number of nitrogens with zero attached hydrogens (tertiary/aromatic N) is 2. The molecule has 0 aliphatic heterocycles. The minimum absolute atomic E-state index is 0.0445. The van der Waals surface area contributed by atoms with E-state index in [4.69, 9.17) is 0 Å². The van der Waals surface area contributed by atoms with Crippen LogP contribution in [0, 0.1) is 0 Å². The van der Waals surface area contributed by atoms with Gasteiger partial charge in [-0.15, -0.1) is 0 Å². The molecule has 0 radical (unpaired) electrons. The molecule has 0 bridgehead atoms. The van der Waals surface area contributed by atoms with Crippen molar-refractivity contribution in [3.63, 3.8) is 0 Å². The highest BCUT2D eigenvalue weighted by Crippen LogP contribution is 2.04. The van der Waals surface area contributed by atoms with Crippen molar-refractivity contribution in [2.24, 2.45) is 0 Å². The van der Waals surface area contributed by atoms with Crippen molar-refractivity contribution in [2.75, 3.05) is 6.54 Å². The lowest BCUT2D eigenvalue weighted by Crippen LogP contribution is -2.26. The molecule has 0 atom stereocenters. The van der Waals surface area contributed by atoms with Crippen LogP contribution in [0.2, 0.25) is 0 Å². The first-order valence-electron chi connectivity index (χ1n) is 7.13. The molecule has 1 heterocycles. The number of benzene rings is 1. The van der Waals surface area contributed by atoms with Crippen LogP contribution in [0.1, 0.15) is 24.8 Å². The van der Waals surface area contributed by atoms with Crippen molar-refractivity contribution in [2.45, 2.75) is 31.6 Å². The smallest absolute Gasteiger partial charge is 0.215 e. The average Bonchev–Trinajstić information content (AvgIpc) is 2.96. The number of unbranched alkanes of at least 4 members (excludes halogenated alkanes) is 2. The van der Waals surface area contributed by atoms with Crippen molar-refractivity contribution in [1.82, 2.24) is 14.3 Å². The number of sulfonamides is 1. The van der Waals surface area contributed by atoms with Crippen LogP contribution in [0.15, 0.2) is 49.1 Å². The highest BCUT2D eigenvalue weighted by Gasteiger charge is 2.09. The summed E-state index contributed by atoms with van der Waals surface area (Å²) in [5.41, 5.74) is 0.810. The van der Waals surface area contributed by atoms with Gasteiger partial charge in [-0.05, 0) is 18.4 Å². The molecule has 0 aliphatic carbocycles. The predicted molar refractivity (Wildman–Crippen MR) is 83.1 cm³/mol. The van der Waals surface area contributed by atoms with E-state index in [1.165, 1.54) is 0 Å². The summed E-state index contributed by atoms with van der Waals surface area (Å²) in [5.74, 6) is 0.0445. The molecule has 1 aromatic heterocycles. The third-order valence-electron chi connectivity index (χ3n) is 3.17. The van der Waals surface area contributed by atoms with Crippen LogP contribution in [0.3, 0.4) is 0 Å². The Labute approximate surface area is 126 Å². The zero-order valence-corrected chi connectivity index (χ0v) is 12.8. The second kappa shape index (κ2) is 7.95. The van der Waals surface area contributed by atoms with Crippen LogP contribution in [0.5, 0.6) is 0 Å². The summed E-state index contributed by atoms with van der Waals surface area (Å²) >= 11 is 0. The highest BCUT2D eigenvalue weighted by molar-refractivity contribution is 7.88. The Hall–Kier alpha value is -1.66. The number of rotatable bonds is 9. The van der Waals surface area contributed by atoms with Crippen molar-refractivity contribution in [1.29, 1.82) is 0 Å². The van der Waals surface area contributed by atoms with Gasteiger partial charge in [0.1, 0.15) is 0 Å². The van der Waals surface area contributed by atoms with Gasteiger partial charge in [-0.25, -0.2) is 18.1 Å². The van der Waals surface area contributed by atoms with Gasteiger partial charge in [0.15, 0.2) is 0 Å². The van der Waals surface area contributed by atoms with Gasteiger partial charge in [0.2, 0.25) is 10.0 Å². The number of imidazole rings is 1. The largest absolute Gasteiger partial charge is 0.337 e. The lowest BCUT2D eigenvalue weighted by atomic mass is 10.2. The number of hydrogen-bond donors (Lipinski definition) is 1. The Morgan fingerprint density at radius 1 is 1.10 bits per heavy atom. The quantitative estimate of drug-likeness (QED) is 0.722. The van der Waals surface area contributed by atoms with E-state index in [0.717, 1.165) is 31.4 Å². The molecule has 0 saturated carbocycles. The Balaban J connectivity index is 1.61. The number of nitrogens with one attached hydrogen (secondary N) is 1. The monoisotopic (exact) mass is 307 g/mol. The fourth-order valence-electron chi connectivity index (χ4n) is 2.09. The molecule has 0 spiro atoms. The van der Waals surface area contributed by atoms with E-state index in [9.17, 15) is 8.42 Å². The summed E-state index contributed by atoms with van der Waals surface area (Å²) in [7, 11) is -3.23. The first-order valence-corrected chi connectivity index (χ1v) is 8.78. The zero-order valence-electron chi connectivity index (χ0n) is 12.0. The molecule has 114 valence electrons. The summed E-state index contributed by atoms with van der Waals surface area (Å²) in [6.45, 7) is 1.43. The molecule has 2 rings (SSSR count). The van der Waals surface area contributed by atoms with Gasteiger partial charge in [0.25, 0.3) is 0 Å². The summed E-state index contributed by atoms with van der Waals surface area (Å²) in [6, 6.07) is 9.22. The minimum atomic E-state index is -3.23. The van der Waals surface area contributed by atoms with Crippen LogP contribution in [-0.2, 0) is 22.3 Å². The van der Waals surface area contributed by atoms with Gasteiger partial charge < -0.3 is 4.57 Å². The van der Waals surface area contributed by atoms with Gasteiger partial charge in [-0.3, -0.25) is 0 Å². The fourth-order valence-corrected chi connectivity index (χ4v) is 3.28. The Morgan fingerprint density at radius 2 is 1.90 bits per heavy atom. The first-order chi connectivity index (χ1) is 10.2. The lowest BCUT2D eigenvalue weighted by molar-refractivity contribution is 0.561. The average molecular weight is 307 g/mol. The van der Waals surface area contributed by atoms with Crippen molar-refractivity contribution >= 4 is 10.0 Å². The number of aromatic nitrogens is 2. The van der Waals surface area contributed by atoms with Crippen LogP contribution < -0.4 is 4.72 Å². The van der Waals surface area contributed by atoms with E-state index in [0.29, 0.717) is 6.54 Å². The summed E-state index contributed by atoms with van der Waals surface area (Å²) < 4.78 is 28.5. The molecule has 21 heavy (non-hydrogen) atoms. The highest BCUT2D eigenvalue weighted by atomic mass is 32.2. The normalized spacial score (nSPS) is 11.6. The molecule has 6 heteroatoms. The van der Waals surface area contributed by atoms with E-state index >= 15 is 0 Å². The predicted octanol–water partition coefficient (Wildman–Crippen LogP) is 2.17. The molecule has 2 aromatic rings. The van der Waals surface area contributed by atoms with Crippen LogP contribution in [0.25, 0.3) is 0 Å². The van der Waals surface area contributed by atoms with Gasteiger partial charge >= 0.3 is 0 Å². The van der Waals surface area contributed by atoms with E-state index in [1.807, 2.05) is 41.1 Å². The third-order valence-corrected chi connectivity index (χ3v) is 4.53. The first kappa shape index (κ1) is 15.7. The molecular weight excluding hydrogens is 286 g/mol. The second-order valence-electron chi connectivity index (χ2n) is 5.00. The topological polar surface area (TPSA) is 64.0 Å². The maximum Gasteiger partial charge on any atom is 0.215 e. The van der Waals surface area contributed by atoms with Crippen molar-refractivity contribution in [3.8, 4) is 0 Å². The zero-order chi connectivity index (χ0) is 15.0. The number of hydrogen-bond acceptors (Lipinski definition) is 3. The molecule has 1 aromatic carbocycles. The van der Waals surface area contributed by atoms with Gasteiger partial charge in [-0.1, -0.05) is 36.8 Å². The third kappa shape index (κ3) is 6.10. The molecule has 0 amide bonds. The van der Waals surface area contributed by atoms with Gasteiger partial charge in [0.05, 0.1) is 12.1 Å². The van der Waals surface area contributed by atoms with Gasteiger partial charge in [-0.2, -0.15) is 0 Å². The maximum absolute atomic E-state index is 11.9. The Morgan fingerprint density at radius 3 is 2.62 bits per heavy atom. The molecule has 0 unspecified atom stereocenters. The summed E-state index contributed by atoms with van der Waals surface area (Å²) in [5, 5.41) is 0. The lowest BCUT2D eigenvalue weighted by Gasteiger charge is -2.07. The van der Waals surface area contributed by atoms with E-state index < -0.39 is 10.0 Å². The number of aryl methyl sites for hydroxylation is 1. The fraction of sp³-hybridized carbons (Fsp3) is 0.400. The Bertz CT molecular complexity index is 610. The second-order valence-corrected chi connectivity index (χ2v) is 6.81. The van der Waals surface area contributed by atoms with Crippen LogP contribution in [0.4, 0.5) is 0 Å². The Kier molecular flexibility index (Phi) is 5.95. The molecule has 5 nitrogen and oxygen atoms in total. The summed E-state index contributed by atoms with van der Waals surface area (Å²) in [4.78, 5) is 3.98. The minimum Gasteiger partial charge on any atom is -0.337 e. The maximum atomic E-state index is 11.9. The van der Waals surface area contributed by atoms with Gasteiger partial charge in [0, 0.05) is 25.5 Å².